The molecule has 1 aromatic carbocycles. The standard InChI is InChI=1S/C18H24F3N3O2/c19-18(20,21)13-3-1-12(2-4-13)10-24-8-7-14(11-24)23-17(25)16-6-5-15(9-22)26-16/h1-4,14-16H,5-11,22H2,(H,23,25)/t14?,15-,16+/m1/s1. The van der Waals surface area contributed by atoms with E-state index in [1.807, 2.05) is 0 Å². The molecule has 0 saturated carbocycles. The Hall–Kier alpha value is -1.64. The Morgan fingerprint density at radius 1 is 1.23 bits per heavy atom. The molecule has 1 aromatic rings. The van der Waals surface area contributed by atoms with E-state index in [9.17, 15) is 18.0 Å². The summed E-state index contributed by atoms with van der Waals surface area (Å²) in [4.78, 5) is 14.4. The Bertz CT molecular complexity index is 621. The van der Waals surface area contributed by atoms with Crippen LogP contribution in [-0.4, -0.2) is 48.7 Å². The summed E-state index contributed by atoms with van der Waals surface area (Å²) in [7, 11) is 0. The molecule has 2 fully saturated rings. The first-order chi connectivity index (χ1) is 12.3. The van der Waals surface area contributed by atoms with Gasteiger partial charge >= 0.3 is 6.18 Å². The number of benzene rings is 1. The van der Waals surface area contributed by atoms with Crippen LogP contribution in [0.4, 0.5) is 13.2 Å². The minimum absolute atomic E-state index is 0.0366. The van der Waals surface area contributed by atoms with Crippen LogP contribution in [0, 0.1) is 0 Å². The van der Waals surface area contributed by atoms with Crippen molar-refractivity contribution in [1.82, 2.24) is 10.2 Å². The zero-order valence-electron chi connectivity index (χ0n) is 14.5. The van der Waals surface area contributed by atoms with Crippen LogP contribution in [0.1, 0.15) is 30.4 Å². The Labute approximate surface area is 150 Å². The van der Waals surface area contributed by atoms with Crippen molar-refractivity contribution >= 4 is 5.91 Å². The second-order valence-electron chi connectivity index (χ2n) is 6.98. The maximum Gasteiger partial charge on any atom is 0.416 e. The van der Waals surface area contributed by atoms with Gasteiger partial charge in [0.2, 0.25) is 5.91 Å². The summed E-state index contributed by atoms with van der Waals surface area (Å²) in [5.74, 6) is -0.0951. The quantitative estimate of drug-likeness (QED) is 0.830. The van der Waals surface area contributed by atoms with E-state index in [1.165, 1.54) is 12.1 Å². The van der Waals surface area contributed by atoms with Crippen molar-refractivity contribution in [3.05, 3.63) is 35.4 Å². The van der Waals surface area contributed by atoms with Crippen molar-refractivity contribution < 1.29 is 22.7 Å². The predicted octanol–water partition coefficient (Wildman–Crippen LogP) is 1.90. The fraction of sp³-hybridized carbons (Fsp3) is 0.611. The molecule has 3 N–H and O–H groups in total. The number of nitrogens with one attached hydrogen (secondary N) is 1. The molecule has 0 spiro atoms. The third kappa shape index (κ3) is 4.75. The van der Waals surface area contributed by atoms with Crippen molar-refractivity contribution in [3.63, 3.8) is 0 Å². The van der Waals surface area contributed by atoms with Gasteiger partial charge in [-0.25, -0.2) is 0 Å². The highest BCUT2D eigenvalue weighted by atomic mass is 19.4. The van der Waals surface area contributed by atoms with Crippen LogP contribution in [0.5, 0.6) is 0 Å². The van der Waals surface area contributed by atoms with Gasteiger partial charge in [0.05, 0.1) is 11.7 Å². The molecule has 5 nitrogen and oxygen atoms in total. The first-order valence-electron chi connectivity index (χ1n) is 8.89. The number of alkyl halides is 3. The zero-order valence-corrected chi connectivity index (χ0v) is 14.5. The maximum absolute atomic E-state index is 12.6. The Balaban J connectivity index is 1.46. The van der Waals surface area contributed by atoms with E-state index in [2.05, 4.69) is 10.2 Å². The number of ether oxygens (including phenoxy) is 1. The van der Waals surface area contributed by atoms with Crippen LogP contribution < -0.4 is 11.1 Å². The summed E-state index contributed by atoms with van der Waals surface area (Å²) in [5, 5.41) is 3.02. The number of amides is 1. The summed E-state index contributed by atoms with van der Waals surface area (Å²) in [5.41, 5.74) is 5.75. The van der Waals surface area contributed by atoms with Gasteiger partial charge in [-0.2, -0.15) is 13.2 Å². The molecule has 3 rings (SSSR count). The molecule has 2 aliphatic heterocycles. The molecule has 2 saturated heterocycles. The first kappa shape index (κ1) is 19.1. The Morgan fingerprint density at radius 3 is 2.58 bits per heavy atom. The molecule has 144 valence electrons. The first-order valence-corrected chi connectivity index (χ1v) is 8.89. The van der Waals surface area contributed by atoms with Crippen LogP contribution in [0.2, 0.25) is 0 Å². The van der Waals surface area contributed by atoms with E-state index in [0.29, 0.717) is 26.1 Å². The number of hydrogen-bond acceptors (Lipinski definition) is 4. The van der Waals surface area contributed by atoms with Gasteiger partial charge in [-0.05, 0) is 37.0 Å². The minimum atomic E-state index is -4.31. The third-order valence-electron chi connectivity index (χ3n) is 4.97. The van der Waals surface area contributed by atoms with E-state index < -0.39 is 17.8 Å². The van der Waals surface area contributed by atoms with E-state index in [1.54, 1.807) is 0 Å². The lowest BCUT2D eigenvalue weighted by molar-refractivity contribution is -0.137. The van der Waals surface area contributed by atoms with Crippen molar-refractivity contribution in [1.29, 1.82) is 0 Å². The predicted molar refractivity (Wildman–Crippen MR) is 90.2 cm³/mol. The van der Waals surface area contributed by atoms with Gasteiger partial charge in [0, 0.05) is 32.2 Å². The molecule has 0 bridgehead atoms. The number of likely N-dealkylation sites (tertiary alicyclic amines) is 1. The Morgan fingerprint density at radius 2 is 1.96 bits per heavy atom. The van der Waals surface area contributed by atoms with Crippen LogP contribution in [0.25, 0.3) is 0 Å². The molecule has 0 radical (unpaired) electrons. The van der Waals surface area contributed by atoms with E-state index in [-0.39, 0.29) is 18.1 Å². The number of carbonyl (C=O) groups excluding carboxylic acids is 1. The monoisotopic (exact) mass is 371 g/mol. The van der Waals surface area contributed by atoms with Gasteiger partial charge < -0.3 is 15.8 Å². The highest BCUT2D eigenvalue weighted by Crippen LogP contribution is 2.29. The minimum Gasteiger partial charge on any atom is -0.364 e. The van der Waals surface area contributed by atoms with Gasteiger partial charge in [0.25, 0.3) is 0 Å². The van der Waals surface area contributed by atoms with Gasteiger partial charge in [-0.3, -0.25) is 9.69 Å². The van der Waals surface area contributed by atoms with Gasteiger partial charge in [0.15, 0.2) is 0 Å². The maximum atomic E-state index is 12.6. The van der Waals surface area contributed by atoms with Gasteiger partial charge in [-0.1, -0.05) is 12.1 Å². The smallest absolute Gasteiger partial charge is 0.364 e. The largest absolute Gasteiger partial charge is 0.416 e. The number of carbonyl (C=O) groups is 1. The molecule has 26 heavy (non-hydrogen) atoms. The van der Waals surface area contributed by atoms with E-state index in [4.69, 9.17) is 10.5 Å². The summed E-state index contributed by atoms with van der Waals surface area (Å²) < 4.78 is 43.4. The average molecular weight is 371 g/mol. The fourth-order valence-corrected chi connectivity index (χ4v) is 3.52. The van der Waals surface area contributed by atoms with Gasteiger partial charge in [-0.15, -0.1) is 0 Å². The zero-order chi connectivity index (χ0) is 18.7. The summed E-state index contributed by atoms with van der Waals surface area (Å²) >= 11 is 0. The molecular weight excluding hydrogens is 347 g/mol. The second-order valence-corrected chi connectivity index (χ2v) is 6.98. The lowest BCUT2D eigenvalue weighted by Crippen LogP contribution is -2.43. The third-order valence-corrected chi connectivity index (χ3v) is 4.97. The molecule has 1 amide bonds. The van der Waals surface area contributed by atoms with Crippen molar-refractivity contribution in [3.8, 4) is 0 Å². The molecule has 2 heterocycles. The summed E-state index contributed by atoms with van der Waals surface area (Å²) in [6.07, 6.45) is -2.46. The summed E-state index contributed by atoms with van der Waals surface area (Å²) in [6.45, 7) is 2.47. The molecule has 3 atom stereocenters. The number of rotatable bonds is 5. The molecule has 2 aliphatic rings. The van der Waals surface area contributed by atoms with E-state index in [0.717, 1.165) is 37.1 Å². The second kappa shape index (κ2) is 7.94. The topological polar surface area (TPSA) is 67.6 Å². The van der Waals surface area contributed by atoms with Crippen molar-refractivity contribution in [2.75, 3.05) is 19.6 Å². The molecule has 0 aliphatic carbocycles. The fourth-order valence-electron chi connectivity index (χ4n) is 3.52. The van der Waals surface area contributed by atoms with Crippen molar-refractivity contribution in [2.24, 2.45) is 5.73 Å². The Kier molecular flexibility index (Phi) is 5.84. The molecule has 1 unspecified atom stereocenters. The lowest BCUT2D eigenvalue weighted by Gasteiger charge is -2.19. The highest BCUT2D eigenvalue weighted by Gasteiger charge is 2.33. The number of hydrogen-bond donors (Lipinski definition) is 2. The van der Waals surface area contributed by atoms with Crippen molar-refractivity contribution in [2.45, 2.75) is 50.2 Å². The number of nitrogens with zero attached hydrogens (tertiary/aromatic N) is 1. The van der Waals surface area contributed by atoms with Crippen LogP contribution in [0.3, 0.4) is 0 Å². The number of halogens is 3. The highest BCUT2D eigenvalue weighted by molar-refractivity contribution is 5.81. The molecule has 0 aromatic heterocycles. The molecular formula is C18H24F3N3O2. The SMILES string of the molecule is NC[C@H]1CC[C@@H](C(=O)NC2CCN(Cc3ccc(C(F)(F)F)cc3)C2)O1. The van der Waals surface area contributed by atoms with Crippen LogP contribution in [-0.2, 0) is 22.3 Å². The average Bonchev–Trinajstić information content (AvgIpc) is 3.24. The normalized spacial score (nSPS) is 27.0. The molecule has 8 heteroatoms. The van der Waals surface area contributed by atoms with Gasteiger partial charge in [0.1, 0.15) is 6.10 Å². The lowest BCUT2D eigenvalue weighted by atomic mass is 10.1. The number of nitrogens with two attached hydrogens (primary N) is 1. The summed E-state index contributed by atoms with van der Waals surface area (Å²) in [6, 6.07) is 5.27. The van der Waals surface area contributed by atoms with Crippen LogP contribution in [0.15, 0.2) is 24.3 Å². The van der Waals surface area contributed by atoms with Crippen LogP contribution >= 0.6 is 0 Å². The van der Waals surface area contributed by atoms with E-state index >= 15 is 0 Å².